The van der Waals surface area contributed by atoms with Gasteiger partial charge in [-0.05, 0) is 23.8 Å². The van der Waals surface area contributed by atoms with Crippen molar-refractivity contribution in [2.45, 2.75) is 0 Å². The molecule has 2 rings (SSSR count). The number of hydrazone groups is 1. The summed E-state index contributed by atoms with van der Waals surface area (Å²) in [6.07, 6.45) is 1.38. The number of nitrogens with one attached hydrogen (secondary N) is 1. The Balaban J connectivity index is 2.15. The molecule has 1 N–H and O–H groups in total. The second-order valence-corrected chi connectivity index (χ2v) is 4.70. The number of hydrogen-bond donors (Lipinski definition) is 1. The monoisotopic (exact) mass is 344 g/mol. The number of esters is 1. The molecular weight excluding hydrogens is 332 g/mol. The minimum Gasteiger partial charge on any atom is -0.465 e. The second-order valence-electron chi connectivity index (χ2n) is 4.70. The summed E-state index contributed by atoms with van der Waals surface area (Å²) in [5, 5.41) is 25.5. The Hall–Kier alpha value is -3.82. The van der Waals surface area contributed by atoms with E-state index in [0.717, 1.165) is 12.1 Å². The minimum atomic E-state index is -0.740. The van der Waals surface area contributed by atoms with Gasteiger partial charge in [0.2, 0.25) is 0 Å². The number of methoxy groups -OCH3 is 1. The van der Waals surface area contributed by atoms with Crippen LogP contribution in [0.15, 0.2) is 47.6 Å². The number of benzene rings is 2. The van der Waals surface area contributed by atoms with Crippen LogP contribution >= 0.6 is 0 Å². The Labute approximate surface area is 141 Å². The van der Waals surface area contributed by atoms with E-state index in [1.807, 2.05) is 0 Å². The van der Waals surface area contributed by atoms with Gasteiger partial charge in [0.15, 0.2) is 0 Å². The molecule has 0 spiro atoms. The molecule has 25 heavy (non-hydrogen) atoms. The summed E-state index contributed by atoms with van der Waals surface area (Å²) in [6.45, 7) is 0. The van der Waals surface area contributed by atoms with Crippen LogP contribution in [0.1, 0.15) is 15.9 Å². The fourth-order valence-electron chi connectivity index (χ4n) is 1.88. The van der Waals surface area contributed by atoms with Crippen molar-refractivity contribution < 1.29 is 19.4 Å². The second kappa shape index (κ2) is 7.64. The fraction of sp³-hybridized carbons (Fsp3) is 0.0667. The number of rotatable bonds is 6. The smallest absolute Gasteiger partial charge is 0.337 e. The molecule has 0 radical (unpaired) electrons. The third kappa shape index (κ3) is 4.34. The van der Waals surface area contributed by atoms with Gasteiger partial charge in [0.05, 0.1) is 34.8 Å². The van der Waals surface area contributed by atoms with E-state index in [2.05, 4.69) is 15.3 Å². The summed E-state index contributed by atoms with van der Waals surface area (Å²) >= 11 is 0. The molecule has 0 aliphatic rings. The van der Waals surface area contributed by atoms with Gasteiger partial charge in [-0.3, -0.25) is 25.7 Å². The molecule has 0 aliphatic carbocycles. The van der Waals surface area contributed by atoms with Gasteiger partial charge < -0.3 is 4.74 Å². The van der Waals surface area contributed by atoms with Crippen molar-refractivity contribution >= 4 is 29.2 Å². The molecule has 0 saturated heterocycles. The zero-order valence-corrected chi connectivity index (χ0v) is 12.9. The van der Waals surface area contributed by atoms with E-state index in [-0.39, 0.29) is 11.4 Å². The zero-order chi connectivity index (χ0) is 18.4. The van der Waals surface area contributed by atoms with Gasteiger partial charge in [0.1, 0.15) is 5.69 Å². The zero-order valence-electron chi connectivity index (χ0n) is 12.9. The third-order valence-electron chi connectivity index (χ3n) is 3.12. The number of non-ortho nitro benzene ring substituents is 1. The summed E-state index contributed by atoms with van der Waals surface area (Å²) in [7, 11) is 1.28. The molecule has 128 valence electrons. The van der Waals surface area contributed by atoms with Crippen molar-refractivity contribution in [3.63, 3.8) is 0 Å². The summed E-state index contributed by atoms with van der Waals surface area (Å²) in [6, 6.07) is 9.50. The van der Waals surface area contributed by atoms with E-state index in [1.165, 1.54) is 19.4 Å². The first-order valence-corrected chi connectivity index (χ1v) is 6.82. The molecular formula is C15H12N4O6. The first-order chi connectivity index (χ1) is 11.9. The predicted molar refractivity (Wildman–Crippen MR) is 88.7 cm³/mol. The summed E-state index contributed by atoms with van der Waals surface area (Å²) in [5.74, 6) is -0.469. The van der Waals surface area contributed by atoms with Gasteiger partial charge in [-0.15, -0.1) is 0 Å². The van der Waals surface area contributed by atoms with Crippen LogP contribution in [0.2, 0.25) is 0 Å². The van der Waals surface area contributed by atoms with E-state index < -0.39 is 21.5 Å². The summed E-state index contributed by atoms with van der Waals surface area (Å²) in [4.78, 5) is 31.6. The maximum atomic E-state index is 11.3. The molecule has 0 aliphatic heterocycles. The molecule has 2 aromatic rings. The van der Waals surface area contributed by atoms with Crippen LogP contribution in [-0.2, 0) is 4.74 Å². The Morgan fingerprint density at radius 3 is 2.36 bits per heavy atom. The molecule has 10 nitrogen and oxygen atoms in total. The van der Waals surface area contributed by atoms with Crippen molar-refractivity contribution in [3.05, 3.63) is 73.8 Å². The first-order valence-electron chi connectivity index (χ1n) is 6.82. The third-order valence-corrected chi connectivity index (χ3v) is 3.12. The van der Waals surface area contributed by atoms with Crippen LogP contribution < -0.4 is 5.43 Å². The number of carbonyl (C=O) groups excluding carboxylic acids is 1. The molecule has 0 bridgehead atoms. The van der Waals surface area contributed by atoms with E-state index in [0.29, 0.717) is 11.1 Å². The lowest BCUT2D eigenvalue weighted by atomic mass is 10.1. The molecule has 0 atom stereocenters. The lowest BCUT2D eigenvalue weighted by molar-refractivity contribution is -0.393. The lowest BCUT2D eigenvalue weighted by Gasteiger charge is -2.02. The average molecular weight is 344 g/mol. The Morgan fingerprint density at radius 2 is 1.80 bits per heavy atom. The van der Waals surface area contributed by atoms with Crippen molar-refractivity contribution in [2.24, 2.45) is 5.10 Å². The molecule has 0 saturated carbocycles. The van der Waals surface area contributed by atoms with Gasteiger partial charge >= 0.3 is 11.7 Å². The largest absolute Gasteiger partial charge is 0.465 e. The lowest BCUT2D eigenvalue weighted by Crippen LogP contribution is -2.01. The van der Waals surface area contributed by atoms with Gasteiger partial charge in [-0.2, -0.15) is 5.10 Å². The molecule has 0 fully saturated rings. The van der Waals surface area contributed by atoms with Crippen LogP contribution in [-0.4, -0.2) is 29.1 Å². The van der Waals surface area contributed by atoms with E-state index in [1.54, 1.807) is 24.3 Å². The minimum absolute atomic E-state index is 0.0121. The highest BCUT2D eigenvalue weighted by molar-refractivity contribution is 5.90. The molecule has 0 aromatic heterocycles. The maximum Gasteiger partial charge on any atom is 0.337 e. The van der Waals surface area contributed by atoms with Gasteiger partial charge in [0.25, 0.3) is 5.69 Å². The number of ether oxygens (including phenoxy) is 1. The van der Waals surface area contributed by atoms with Crippen LogP contribution in [0.3, 0.4) is 0 Å². The number of carbonyl (C=O) groups is 1. The maximum absolute atomic E-state index is 11.3. The number of nitro benzene ring substituents is 2. The van der Waals surface area contributed by atoms with Crippen LogP contribution in [0.5, 0.6) is 0 Å². The Bertz CT molecular complexity index is 848. The average Bonchev–Trinajstić information content (AvgIpc) is 2.61. The number of nitro groups is 2. The standard InChI is InChI=1S/C15H12N4O6/c1-25-15(20)11-4-2-10(3-5-11)9-16-17-13-7-6-12(18(21)22)8-14(13)19(23)24/h2-9,17H,1H3. The Kier molecular flexibility index (Phi) is 5.36. The van der Waals surface area contributed by atoms with E-state index in [9.17, 15) is 25.0 Å². The summed E-state index contributed by atoms with van der Waals surface area (Å²) < 4.78 is 4.58. The fourth-order valence-corrected chi connectivity index (χ4v) is 1.88. The van der Waals surface area contributed by atoms with Gasteiger partial charge in [-0.1, -0.05) is 12.1 Å². The first kappa shape index (κ1) is 17.5. The van der Waals surface area contributed by atoms with Crippen molar-refractivity contribution in [1.29, 1.82) is 0 Å². The van der Waals surface area contributed by atoms with Crippen molar-refractivity contribution in [1.82, 2.24) is 0 Å². The molecule has 10 heteroatoms. The Morgan fingerprint density at radius 1 is 1.12 bits per heavy atom. The van der Waals surface area contributed by atoms with Gasteiger partial charge in [0, 0.05) is 6.07 Å². The number of nitrogens with zero attached hydrogens (tertiary/aromatic N) is 3. The SMILES string of the molecule is COC(=O)c1ccc(C=NNc2ccc([N+](=O)[O-])cc2[N+](=O)[O-])cc1. The molecule has 0 unspecified atom stereocenters. The highest BCUT2D eigenvalue weighted by Gasteiger charge is 2.19. The van der Waals surface area contributed by atoms with Crippen LogP contribution in [0, 0.1) is 20.2 Å². The highest BCUT2D eigenvalue weighted by atomic mass is 16.6. The topological polar surface area (TPSA) is 137 Å². The van der Waals surface area contributed by atoms with Crippen LogP contribution in [0.4, 0.5) is 17.1 Å². The number of anilines is 1. The quantitative estimate of drug-likeness (QED) is 0.368. The van der Waals surface area contributed by atoms with Crippen LogP contribution in [0.25, 0.3) is 0 Å². The molecule has 0 amide bonds. The predicted octanol–water partition coefficient (Wildman–Crippen LogP) is 2.74. The van der Waals surface area contributed by atoms with E-state index in [4.69, 9.17) is 0 Å². The number of hydrogen-bond acceptors (Lipinski definition) is 8. The summed E-state index contributed by atoms with van der Waals surface area (Å²) in [5.41, 5.74) is 2.63. The van der Waals surface area contributed by atoms with Crippen molar-refractivity contribution in [3.8, 4) is 0 Å². The normalized spacial score (nSPS) is 10.4. The van der Waals surface area contributed by atoms with Gasteiger partial charge in [-0.25, -0.2) is 4.79 Å². The highest BCUT2D eigenvalue weighted by Crippen LogP contribution is 2.28. The molecule has 2 aromatic carbocycles. The van der Waals surface area contributed by atoms with E-state index >= 15 is 0 Å². The van der Waals surface area contributed by atoms with Crippen molar-refractivity contribution in [2.75, 3.05) is 12.5 Å². The molecule has 0 heterocycles.